The number of anilines is 1. The van der Waals surface area contributed by atoms with Gasteiger partial charge in [-0.1, -0.05) is 12.1 Å². The summed E-state index contributed by atoms with van der Waals surface area (Å²) < 4.78 is 4.59. The summed E-state index contributed by atoms with van der Waals surface area (Å²) in [6.07, 6.45) is 1.38. The number of amides is 1. The van der Waals surface area contributed by atoms with Crippen LogP contribution in [0.25, 0.3) is 0 Å². The van der Waals surface area contributed by atoms with Crippen molar-refractivity contribution in [2.45, 2.75) is 19.8 Å². The molecule has 98 valence electrons. The Balaban J connectivity index is 2.61. The minimum Gasteiger partial charge on any atom is -0.459 e. The van der Waals surface area contributed by atoms with E-state index in [9.17, 15) is 9.59 Å². The van der Waals surface area contributed by atoms with Gasteiger partial charge in [-0.05, 0) is 37.5 Å². The Hall–Kier alpha value is -1.88. The van der Waals surface area contributed by atoms with Crippen molar-refractivity contribution in [1.29, 1.82) is 0 Å². The van der Waals surface area contributed by atoms with Crippen molar-refractivity contribution in [2.24, 2.45) is 0 Å². The molecule has 1 rings (SSSR count). The van der Waals surface area contributed by atoms with Crippen LogP contribution in [0.4, 0.5) is 5.69 Å². The summed E-state index contributed by atoms with van der Waals surface area (Å²) in [5, 5.41) is 11.2. The Morgan fingerprint density at radius 1 is 1.39 bits per heavy atom. The van der Waals surface area contributed by atoms with Gasteiger partial charge in [-0.25, -0.2) is 4.79 Å². The fraction of sp³-hybridized carbons (Fsp3) is 0.385. The average molecular weight is 251 g/mol. The van der Waals surface area contributed by atoms with E-state index in [1.807, 2.05) is 6.07 Å². The topological polar surface area (TPSA) is 75.6 Å². The fourth-order valence-corrected chi connectivity index (χ4v) is 1.47. The summed E-state index contributed by atoms with van der Waals surface area (Å²) in [4.78, 5) is 22.5. The molecule has 0 radical (unpaired) electrons. The van der Waals surface area contributed by atoms with E-state index in [1.54, 1.807) is 25.1 Å². The number of hydrogen-bond donors (Lipinski definition) is 2. The van der Waals surface area contributed by atoms with Gasteiger partial charge in [0.25, 0.3) is 0 Å². The van der Waals surface area contributed by atoms with Gasteiger partial charge in [0.2, 0.25) is 0 Å². The third-order valence-electron chi connectivity index (χ3n) is 2.27. The summed E-state index contributed by atoms with van der Waals surface area (Å²) in [5.74, 6) is -1.67. The number of carbonyl (C=O) groups excluding carboxylic acids is 2. The Kier molecular flexibility index (Phi) is 5.87. The molecule has 0 saturated carbocycles. The first kappa shape index (κ1) is 14.2. The first-order valence-corrected chi connectivity index (χ1v) is 5.85. The average Bonchev–Trinajstić information content (AvgIpc) is 2.37. The number of aryl methyl sites for hydroxylation is 1. The maximum absolute atomic E-state index is 11.4. The molecule has 0 unspecified atom stereocenters. The number of nitrogens with one attached hydrogen (secondary N) is 1. The van der Waals surface area contributed by atoms with E-state index in [0.717, 1.165) is 12.0 Å². The van der Waals surface area contributed by atoms with E-state index >= 15 is 0 Å². The van der Waals surface area contributed by atoms with Gasteiger partial charge in [-0.15, -0.1) is 0 Å². The zero-order valence-electron chi connectivity index (χ0n) is 10.3. The molecule has 0 saturated heterocycles. The van der Waals surface area contributed by atoms with E-state index in [-0.39, 0.29) is 13.2 Å². The van der Waals surface area contributed by atoms with Crippen LogP contribution in [0.3, 0.4) is 0 Å². The lowest BCUT2D eigenvalue weighted by Gasteiger charge is -2.06. The molecule has 0 aliphatic rings. The zero-order chi connectivity index (χ0) is 13.4. The predicted molar refractivity (Wildman–Crippen MR) is 67.1 cm³/mol. The number of rotatable bonds is 5. The van der Waals surface area contributed by atoms with Crippen LogP contribution < -0.4 is 5.32 Å². The Morgan fingerprint density at radius 3 is 2.83 bits per heavy atom. The lowest BCUT2D eigenvalue weighted by atomic mass is 10.1. The normalized spacial score (nSPS) is 9.89. The molecule has 0 aliphatic heterocycles. The quantitative estimate of drug-likeness (QED) is 0.607. The van der Waals surface area contributed by atoms with E-state index in [4.69, 9.17) is 5.11 Å². The van der Waals surface area contributed by atoms with Crippen LogP contribution in [-0.2, 0) is 20.7 Å². The van der Waals surface area contributed by atoms with E-state index in [1.165, 1.54) is 0 Å². The highest BCUT2D eigenvalue weighted by Crippen LogP contribution is 2.12. The van der Waals surface area contributed by atoms with Gasteiger partial charge < -0.3 is 15.2 Å². The van der Waals surface area contributed by atoms with Gasteiger partial charge in [0.15, 0.2) is 0 Å². The van der Waals surface area contributed by atoms with Gasteiger partial charge >= 0.3 is 11.9 Å². The fourth-order valence-electron chi connectivity index (χ4n) is 1.47. The van der Waals surface area contributed by atoms with Crippen molar-refractivity contribution in [2.75, 3.05) is 18.5 Å². The van der Waals surface area contributed by atoms with Crippen molar-refractivity contribution >= 4 is 17.6 Å². The lowest BCUT2D eigenvalue weighted by molar-refractivity contribution is -0.152. The Bertz CT molecular complexity index is 417. The number of ether oxygens (including phenoxy) is 1. The number of aliphatic hydroxyl groups excluding tert-OH is 1. The Morgan fingerprint density at radius 2 is 2.17 bits per heavy atom. The van der Waals surface area contributed by atoms with Gasteiger partial charge in [0, 0.05) is 12.3 Å². The molecule has 5 heteroatoms. The van der Waals surface area contributed by atoms with Crippen molar-refractivity contribution in [3.8, 4) is 0 Å². The Labute approximate surface area is 106 Å². The van der Waals surface area contributed by atoms with Crippen molar-refractivity contribution in [3.05, 3.63) is 29.8 Å². The summed E-state index contributed by atoms with van der Waals surface area (Å²) >= 11 is 0. The third kappa shape index (κ3) is 4.55. The van der Waals surface area contributed by atoms with Crippen molar-refractivity contribution < 1.29 is 19.4 Å². The largest absolute Gasteiger partial charge is 0.459 e. The third-order valence-corrected chi connectivity index (χ3v) is 2.27. The zero-order valence-corrected chi connectivity index (χ0v) is 10.3. The van der Waals surface area contributed by atoms with E-state index in [2.05, 4.69) is 10.1 Å². The van der Waals surface area contributed by atoms with Crippen LogP contribution in [0.2, 0.25) is 0 Å². The molecule has 0 fully saturated rings. The van der Waals surface area contributed by atoms with Gasteiger partial charge in [0.1, 0.15) is 0 Å². The second-order valence-electron chi connectivity index (χ2n) is 3.70. The standard InChI is InChI=1S/C13H17NO4/c1-2-18-13(17)12(16)14-11-7-3-5-10(9-11)6-4-8-15/h3,5,7,9,15H,2,4,6,8H2,1H3,(H,14,16). The second-order valence-corrected chi connectivity index (χ2v) is 3.70. The van der Waals surface area contributed by atoms with Crippen LogP contribution in [-0.4, -0.2) is 30.2 Å². The van der Waals surface area contributed by atoms with Gasteiger partial charge in [-0.2, -0.15) is 0 Å². The molecule has 0 bridgehead atoms. The molecule has 0 atom stereocenters. The summed E-state index contributed by atoms with van der Waals surface area (Å²) in [5.41, 5.74) is 1.54. The number of hydrogen-bond acceptors (Lipinski definition) is 4. The van der Waals surface area contributed by atoms with Crippen LogP contribution >= 0.6 is 0 Å². The van der Waals surface area contributed by atoms with E-state index < -0.39 is 11.9 Å². The first-order valence-electron chi connectivity index (χ1n) is 5.85. The number of aliphatic hydroxyl groups is 1. The molecule has 0 heterocycles. The molecule has 1 aromatic rings. The predicted octanol–water partition coefficient (Wildman–Crippen LogP) is 1.11. The molecule has 1 aromatic carbocycles. The monoisotopic (exact) mass is 251 g/mol. The van der Waals surface area contributed by atoms with Crippen LogP contribution in [0.5, 0.6) is 0 Å². The lowest BCUT2D eigenvalue weighted by Crippen LogP contribution is -2.25. The minimum absolute atomic E-state index is 0.124. The number of benzene rings is 1. The molecule has 5 nitrogen and oxygen atoms in total. The van der Waals surface area contributed by atoms with Gasteiger partial charge in [-0.3, -0.25) is 4.79 Å². The number of carbonyl (C=O) groups is 2. The van der Waals surface area contributed by atoms with Crippen LogP contribution in [0.1, 0.15) is 18.9 Å². The molecule has 18 heavy (non-hydrogen) atoms. The molecule has 0 aromatic heterocycles. The molecular formula is C13H17NO4. The van der Waals surface area contributed by atoms with Crippen LogP contribution in [0, 0.1) is 0 Å². The summed E-state index contributed by atoms with van der Waals surface area (Å²) in [7, 11) is 0. The maximum Gasteiger partial charge on any atom is 0.397 e. The van der Waals surface area contributed by atoms with Crippen LogP contribution in [0.15, 0.2) is 24.3 Å². The first-order chi connectivity index (χ1) is 8.67. The molecule has 1 amide bonds. The van der Waals surface area contributed by atoms with E-state index in [0.29, 0.717) is 12.1 Å². The minimum atomic E-state index is -0.890. The highest BCUT2D eigenvalue weighted by atomic mass is 16.5. The number of esters is 1. The highest BCUT2D eigenvalue weighted by Gasteiger charge is 2.14. The molecule has 0 aliphatic carbocycles. The van der Waals surface area contributed by atoms with Crippen molar-refractivity contribution in [3.63, 3.8) is 0 Å². The highest BCUT2D eigenvalue weighted by molar-refractivity contribution is 6.37. The van der Waals surface area contributed by atoms with Crippen molar-refractivity contribution in [1.82, 2.24) is 0 Å². The van der Waals surface area contributed by atoms with Gasteiger partial charge in [0.05, 0.1) is 6.61 Å². The molecule has 2 N–H and O–H groups in total. The second kappa shape index (κ2) is 7.45. The summed E-state index contributed by atoms with van der Waals surface area (Å²) in [6, 6.07) is 7.15. The molecule has 0 spiro atoms. The maximum atomic E-state index is 11.4. The SMILES string of the molecule is CCOC(=O)C(=O)Nc1cccc(CCCO)c1. The summed E-state index contributed by atoms with van der Waals surface area (Å²) in [6.45, 7) is 1.93. The molecular weight excluding hydrogens is 234 g/mol. The smallest absolute Gasteiger partial charge is 0.397 e.